The summed E-state index contributed by atoms with van der Waals surface area (Å²) in [6.07, 6.45) is 5.44. The van der Waals surface area contributed by atoms with E-state index in [1.807, 2.05) is 67.3 Å². The van der Waals surface area contributed by atoms with Crippen LogP contribution in [0.4, 0.5) is 0 Å². The van der Waals surface area contributed by atoms with E-state index in [9.17, 15) is 13.2 Å². The minimum Gasteiger partial charge on any atom is -0.330 e. The van der Waals surface area contributed by atoms with Gasteiger partial charge in [0.1, 0.15) is 0 Å². The maximum Gasteiger partial charge on any atom is 0.229 e. The Balaban J connectivity index is 1.85. The van der Waals surface area contributed by atoms with Gasteiger partial charge in [-0.25, -0.2) is 13.1 Å². The molecule has 1 amide bonds. The molecule has 1 aliphatic carbocycles. The van der Waals surface area contributed by atoms with Crippen LogP contribution in [0.5, 0.6) is 0 Å². The molecule has 1 unspecified atom stereocenters. The van der Waals surface area contributed by atoms with Gasteiger partial charge >= 0.3 is 0 Å². The van der Waals surface area contributed by atoms with Gasteiger partial charge in [0, 0.05) is 28.5 Å². The number of benzene rings is 2. The lowest BCUT2D eigenvalue weighted by molar-refractivity contribution is -0.155. The highest BCUT2D eigenvalue weighted by molar-refractivity contribution is 7.89. The third-order valence-corrected chi connectivity index (χ3v) is 9.73. The van der Waals surface area contributed by atoms with Crippen molar-refractivity contribution in [1.29, 1.82) is 0 Å². The monoisotopic (exact) mass is 562 g/mol. The Morgan fingerprint density at radius 2 is 1.84 bits per heavy atom. The number of hydrogen-bond donors (Lipinski definition) is 1. The molecular weight excluding hydrogens is 527 g/mol. The van der Waals surface area contributed by atoms with E-state index < -0.39 is 15.4 Å². The molecule has 0 aromatic heterocycles. The number of amides is 1. The first kappa shape index (κ1) is 28.2. The van der Waals surface area contributed by atoms with E-state index in [2.05, 4.69) is 17.4 Å². The number of carbonyl (C=O) groups is 1. The van der Waals surface area contributed by atoms with Crippen molar-refractivity contribution in [3.63, 3.8) is 0 Å². The first-order valence-electron chi connectivity index (χ1n) is 13.0. The molecule has 0 spiro atoms. The first-order chi connectivity index (χ1) is 17.6. The van der Waals surface area contributed by atoms with Crippen LogP contribution in [0, 0.1) is 11.3 Å². The van der Waals surface area contributed by atoms with Crippen molar-refractivity contribution < 1.29 is 13.2 Å². The maximum absolute atomic E-state index is 14.4. The van der Waals surface area contributed by atoms with Crippen LogP contribution in [0.2, 0.25) is 10.0 Å². The normalized spacial score (nSPS) is 25.2. The van der Waals surface area contributed by atoms with Crippen LogP contribution in [-0.4, -0.2) is 37.6 Å². The summed E-state index contributed by atoms with van der Waals surface area (Å²) in [6.45, 7) is 8.00. The molecule has 1 N–H and O–H groups in total. The summed E-state index contributed by atoms with van der Waals surface area (Å²) >= 11 is 12.7. The molecule has 0 bridgehead atoms. The highest BCUT2D eigenvalue weighted by atomic mass is 35.5. The zero-order chi connectivity index (χ0) is 26.8. The highest BCUT2D eigenvalue weighted by Crippen LogP contribution is 2.54. The van der Waals surface area contributed by atoms with Crippen molar-refractivity contribution >= 4 is 39.1 Å². The van der Waals surface area contributed by atoms with Crippen molar-refractivity contribution in [2.75, 3.05) is 12.3 Å². The van der Waals surface area contributed by atoms with Gasteiger partial charge < -0.3 is 4.90 Å². The lowest BCUT2D eigenvalue weighted by atomic mass is 9.67. The average Bonchev–Trinajstić information content (AvgIpc) is 3.68. The van der Waals surface area contributed by atoms with E-state index in [1.54, 1.807) is 0 Å². The summed E-state index contributed by atoms with van der Waals surface area (Å²) in [6, 6.07) is 15.0. The molecule has 4 atom stereocenters. The predicted octanol–water partition coefficient (Wildman–Crippen LogP) is 6.74. The minimum absolute atomic E-state index is 0.0391. The maximum atomic E-state index is 14.4. The smallest absolute Gasteiger partial charge is 0.229 e. The number of nitrogens with zero attached hydrogens (tertiary/aromatic N) is 1. The van der Waals surface area contributed by atoms with Crippen LogP contribution in [0.25, 0.3) is 0 Å². The van der Waals surface area contributed by atoms with Crippen LogP contribution in [0.1, 0.15) is 69.0 Å². The molecule has 2 aromatic carbocycles. The molecular formula is C29H36Cl2N2O3S. The molecule has 37 heavy (non-hydrogen) atoms. The van der Waals surface area contributed by atoms with Crippen molar-refractivity contribution in [2.24, 2.45) is 11.3 Å². The number of sulfonamides is 1. The van der Waals surface area contributed by atoms with Gasteiger partial charge in [0.2, 0.25) is 15.9 Å². The van der Waals surface area contributed by atoms with Crippen LogP contribution >= 0.6 is 23.2 Å². The highest BCUT2D eigenvalue weighted by Gasteiger charge is 2.53. The van der Waals surface area contributed by atoms with E-state index in [4.69, 9.17) is 23.2 Å². The Kier molecular flexibility index (Phi) is 8.74. The van der Waals surface area contributed by atoms with Crippen LogP contribution in [-0.2, 0) is 14.8 Å². The fourth-order valence-corrected chi connectivity index (χ4v) is 7.21. The number of carbonyl (C=O) groups excluding carboxylic acids is 1. The molecule has 8 heteroatoms. The molecule has 200 valence electrons. The second-order valence-electron chi connectivity index (χ2n) is 10.7. The number of halogens is 2. The topological polar surface area (TPSA) is 66.5 Å². The zero-order valence-electron chi connectivity index (χ0n) is 21.5. The first-order valence-corrected chi connectivity index (χ1v) is 15.4. The predicted molar refractivity (Wildman–Crippen MR) is 151 cm³/mol. The largest absolute Gasteiger partial charge is 0.330 e. The molecule has 1 aliphatic heterocycles. The average molecular weight is 564 g/mol. The zero-order valence-corrected chi connectivity index (χ0v) is 23.8. The van der Waals surface area contributed by atoms with Gasteiger partial charge in [0.05, 0.1) is 17.2 Å². The summed E-state index contributed by atoms with van der Waals surface area (Å²) in [5.41, 5.74) is 1.36. The summed E-state index contributed by atoms with van der Waals surface area (Å²) < 4.78 is 28.1. The van der Waals surface area contributed by atoms with Crippen molar-refractivity contribution in [1.82, 2.24) is 9.62 Å². The second-order valence-corrected chi connectivity index (χ2v) is 13.5. The van der Waals surface area contributed by atoms with E-state index in [0.29, 0.717) is 29.3 Å². The Bertz CT molecular complexity index is 1230. The van der Waals surface area contributed by atoms with E-state index in [0.717, 1.165) is 24.0 Å². The molecule has 1 saturated heterocycles. The number of nitrogens with one attached hydrogen (secondary N) is 1. The van der Waals surface area contributed by atoms with Gasteiger partial charge in [0.25, 0.3) is 0 Å². The van der Waals surface area contributed by atoms with Gasteiger partial charge in [-0.2, -0.15) is 0 Å². The van der Waals surface area contributed by atoms with Crippen molar-refractivity contribution in [3.8, 4) is 0 Å². The quantitative estimate of drug-likeness (QED) is 0.308. The number of likely N-dealkylation sites (tertiary alicyclic amines) is 1. The Labute approximate surface area is 231 Å². The van der Waals surface area contributed by atoms with Crippen LogP contribution < -0.4 is 4.72 Å². The fourth-order valence-electron chi connectivity index (χ4n) is 5.78. The summed E-state index contributed by atoms with van der Waals surface area (Å²) in [5.74, 6) is 0.306. The number of piperidine rings is 1. The van der Waals surface area contributed by atoms with Gasteiger partial charge in [0.15, 0.2) is 0 Å². The summed E-state index contributed by atoms with van der Waals surface area (Å²) in [7, 11) is -3.43. The third-order valence-electron chi connectivity index (χ3n) is 7.69. The second kappa shape index (κ2) is 11.5. The Morgan fingerprint density at radius 3 is 2.43 bits per heavy atom. The molecule has 1 heterocycles. The molecule has 5 nitrogen and oxygen atoms in total. The number of allylic oxidation sites excluding steroid dienone is 1. The van der Waals surface area contributed by atoms with Gasteiger partial charge in [-0.1, -0.05) is 67.4 Å². The van der Waals surface area contributed by atoms with Crippen LogP contribution in [0.3, 0.4) is 0 Å². The molecule has 2 aliphatic rings. The lowest BCUT2D eigenvalue weighted by Crippen LogP contribution is -2.58. The Morgan fingerprint density at radius 1 is 1.14 bits per heavy atom. The van der Waals surface area contributed by atoms with Crippen molar-refractivity contribution in [2.45, 2.75) is 64.0 Å². The van der Waals surface area contributed by atoms with Gasteiger partial charge in [-0.15, -0.1) is 6.58 Å². The summed E-state index contributed by atoms with van der Waals surface area (Å²) in [4.78, 5) is 16.4. The van der Waals surface area contributed by atoms with E-state index in [1.165, 1.54) is 0 Å². The number of rotatable bonds is 11. The van der Waals surface area contributed by atoms with Crippen LogP contribution in [0.15, 0.2) is 61.2 Å². The lowest BCUT2D eigenvalue weighted by Gasteiger charge is -2.52. The SMILES string of the molecule is C=CC[C@@]1(C)CC(c2cccc(Cl)c2)[C@@H](c2ccc(Cl)cc2)N([C@H](CNS(=O)(=O)CCC)C2CC2)C1=O. The van der Waals surface area contributed by atoms with Gasteiger partial charge in [-0.05, 0) is 73.4 Å². The molecule has 0 radical (unpaired) electrons. The van der Waals surface area contributed by atoms with E-state index >= 15 is 0 Å². The standard InChI is InChI=1S/C29H36Cl2N2O3S/c1-4-15-29(3)18-25(22-7-6-8-24(31)17-22)27(21-11-13-23(30)14-12-21)33(28(29)34)26(20-9-10-20)19-32-37(35,36)16-5-2/h4,6-8,11-14,17,20,25-27,32H,1,5,9-10,15-16,18-19H2,2-3H3/t25?,26-,27-,29+/m1/s1. The molecule has 2 aromatic rings. The third kappa shape index (κ3) is 6.42. The summed E-state index contributed by atoms with van der Waals surface area (Å²) in [5, 5.41) is 1.27. The van der Waals surface area contributed by atoms with Gasteiger partial charge in [-0.3, -0.25) is 4.79 Å². The van der Waals surface area contributed by atoms with E-state index in [-0.39, 0.29) is 42.1 Å². The molecule has 2 fully saturated rings. The minimum atomic E-state index is -3.43. The number of hydrogen-bond acceptors (Lipinski definition) is 3. The molecule has 4 rings (SSSR count). The molecule has 1 saturated carbocycles. The Hall–Kier alpha value is -1.86. The van der Waals surface area contributed by atoms with Crippen molar-refractivity contribution in [3.05, 3.63) is 82.4 Å². The fraction of sp³-hybridized carbons (Fsp3) is 0.483.